The van der Waals surface area contributed by atoms with Crippen LogP contribution in [-0.4, -0.2) is 59.4 Å². The van der Waals surface area contributed by atoms with Gasteiger partial charge in [0.05, 0.1) is 18.2 Å². The zero-order valence-corrected chi connectivity index (χ0v) is 11.4. The molecule has 3 heterocycles. The highest BCUT2D eigenvalue weighted by molar-refractivity contribution is 5.86. The lowest BCUT2D eigenvalue weighted by molar-refractivity contribution is -0.128. The van der Waals surface area contributed by atoms with Gasteiger partial charge < -0.3 is 15.0 Å². The smallest absolute Gasteiger partial charge is 0.293 e. The van der Waals surface area contributed by atoms with Gasteiger partial charge in [-0.05, 0) is 6.92 Å². The lowest BCUT2D eigenvalue weighted by atomic mass is 10.3. The van der Waals surface area contributed by atoms with Crippen LogP contribution in [0.1, 0.15) is 6.92 Å². The van der Waals surface area contributed by atoms with E-state index in [1.165, 1.54) is 0 Å². The number of nitrogens with one attached hydrogen (secondary N) is 2. The number of anilines is 1. The average Bonchev–Trinajstić information content (AvgIpc) is 2.98. The minimum absolute atomic E-state index is 0.431. The fourth-order valence-corrected chi connectivity index (χ4v) is 1.95. The van der Waals surface area contributed by atoms with Crippen molar-refractivity contribution >= 4 is 23.3 Å². The molecule has 0 aliphatic carbocycles. The Morgan fingerprint density at radius 2 is 2.20 bits per heavy atom. The van der Waals surface area contributed by atoms with Crippen LogP contribution in [0, 0.1) is 0 Å². The van der Waals surface area contributed by atoms with Crippen molar-refractivity contribution in [1.29, 1.82) is 0 Å². The summed E-state index contributed by atoms with van der Waals surface area (Å²) in [6, 6.07) is 0. The second-order valence-corrected chi connectivity index (χ2v) is 4.12. The SMILES string of the molecule is CCOC=O.c1nc(N2CCNCC2)c2cn[nH]c2n1. The van der Waals surface area contributed by atoms with Gasteiger partial charge in [0.2, 0.25) is 0 Å². The number of aromatic nitrogens is 4. The number of rotatable bonds is 3. The van der Waals surface area contributed by atoms with E-state index in [1.807, 2.05) is 0 Å². The Morgan fingerprint density at radius 3 is 2.85 bits per heavy atom. The first kappa shape index (κ1) is 14.2. The third-order valence-corrected chi connectivity index (χ3v) is 2.88. The van der Waals surface area contributed by atoms with Crippen molar-refractivity contribution in [3.63, 3.8) is 0 Å². The molecule has 1 aliphatic rings. The maximum absolute atomic E-state index is 9.18. The summed E-state index contributed by atoms with van der Waals surface area (Å²) in [5.74, 6) is 0.982. The number of fused-ring (bicyclic) bond motifs is 1. The molecule has 1 saturated heterocycles. The summed E-state index contributed by atoms with van der Waals surface area (Å²) in [4.78, 5) is 19.9. The summed E-state index contributed by atoms with van der Waals surface area (Å²) in [5, 5.41) is 11.2. The summed E-state index contributed by atoms with van der Waals surface area (Å²) in [7, 11) is 0. The van der Waals surface area contributed by atoms with Gasteiger partial charge >= 0.3 is 0 Å². The van der Waals surface area contributed by atoms with E-state index in [-0.39, 0.29) is 0 Å². The molecule has 0 radical (unpaired) electrons. The second kappa shape index (κ2) is 7.39. The Bertz CT molecular complexity index is 537. The number of piperazine rings is 1. The Labute approximate surface area is 116 Å². The lowest BCUT2D eigenvalue weighted by Crippen LogP contribution is -2.43. The topological polar surface area (TPSA) is 96.0 Å². The van der Waals surface area contributed by atoms with Crippen LogP contribution in [0.25, 0.3) is 11.0 Å². The third kappa shape index (κ3) is 3.41. The molecule has 0 amide bonds. The number of hydrogen-bond acceptors (Lipinski definition) is 7. The molecule has 20 heavy (non-hydrogen) atoms. The Hall–Kier alpha value is -2.22. The van der Waals surface area contributed by atoms with Gasteiger partial charge in [-0.25, -0.2) is 9.97 Å². The van der Waals surface area contributed by atoms with Crippen molar-refractivity contribution in [2.75, 3.05) is 37.7 Å². The first-order valence-corrected chi connectivity index (χ1v) is 6.51. The molecular weight excluding hydrogens is 260 g/mol. The Kier molecular flexibility index (Phi) is 5.24. The largest absolute Gasteiger partial charge is 0.468 e. The molecule has 108 valence electrons. The highest BCUT2D eigenvalue weighted by Crippen LogP contribution is 2.20. The first-order valence-electron chi connectivity index (χ1n) is 6.51. The molecule has 0 atom stereocenters. The summed E-state index contributed by atoms with van der Waals surface area (Å²) in [5.41, 5.74) is 0.804. The molecule has 0 saturated carbocycles. The summed E-state index contributed by atoms with van der Waals surface area (Å²) in [6.45, 7) is 6.64. The number of H-pyrrole nitrogens is 1. The van der Waals surface area contributed by atoms with Gasteiger partial charge in [0.1, 0.15) is 12.1 Å². The molecule has 0 aromatic carbocycles. The maximum Gasteiger partial charge on any atom is 0.293 e. The molecule has 1 aliphatic heterocycles. The van der Waals surface area contributed by atoms with Crippen LogP contribution in [0.2, 0.25) is 0 Å². The van der Waals surface area contributed by atoms with Gasteiger partial charge in [-0.3, -0.25) is 9.89 Å². The van der Waals surface area contributed by atoms with E-state index in [0.717, 1.165) is 43.0 Å². The molecular formula is C12H18N6O2. The predicted octanol–water partition coefficient (Wildman–Crippen LogP) is -0.0582. The van der Waals surface area contributed by atoms with E-state index >= 15 is 0 Å². The lowest BCUT2D eigenvalue weighted by Gasteiger charge is -2.28. The number of ether oxygens (including phenoxy) is 1. The molecule has 1 fully saturated rings. The van der Waals surface area contributed by atoms with Crippen molar-refractivity contribution in [3.8, 4) is 0 Å². The van der Waals surface area contributed by atoms with Gasteiger partial charge in [-0.2, -0.15) is 5.10 Å². The highest BCUT2D eigenvalue weighted by atomic mass is 16.5. The van der Waals surface area contributed by atoms with E-state index in [0.29, 0.717) is 13.1 Å². The van der Waals surface area contributed by atoms with Crippen molar-refractivity contribution in [3.05, 3.63) is 12.5 Å². The van der Waals surface area contributed by atoms with Crippen LogP contribution in [0.15, 0.2) is 12.5 Å². The van der Waals surface area contributed by atoms with E-state index in [4.69, 9.17) is 0 Å². The average molecular weight is 278 g/mol. The van der Waals surface area contributed by atoms with Gasteiger partial charge in [0, 0.05) is 26.2 Å². The monoisotopic (exact) mass is 278 g/mol. The fraction of sp³-hybridized carbons (Fsp3) is 0.500. The van der Waals surface area contributed by atoms with Crippen molar-refractivity contribution in [2.45, 2.75) is 6.92 Å². The second-order valence-electron chi connectivity index (χ2n) is 4.12. The molecule has 2 N–H and O–H groups in total. The standard InChI is InChI=1S/C9H12N6.C3H6O2/c1-3-15(4-2-10-1)9-7-5-13-14-8(7)11-6-12-9;1-2-5-3-4/h5-6,10H,1-4H2,(H,11,12,13,14);3H,2H2,1H3. The molecule has 0 spiro atoms. The van der Waals surface area contributed by atoms with E-state index in [9.17, 15) is 4.79 Å². The summed E-state index contributed by atoms with van der Waals surface area (Å²) in [6.07, 6.45) is 3.37. The molecule has 8 heteroatoms. The van der Waals surface area contributed by atoms with Crippen LogP contribution in [-0.2, 0) is 9.53 Å². The first-order chi connectivity index (χ1) is 9.86. The van der Waals surface area contributed by atoms with Crippen LogP contribution < -0.4 is 10.2 Å². The van der Waals surface area contributed by atoms with E-state index in [1.54, 1.807) is 19.4 Å². The third-order valence-electron chi connectivity index (χ3n) is 2.88. The quantitative estimate of drug-likeness (QED) is 0.759. The van der Waals surface area contributed by atoms with E-state index < -0.39 is 0 Å². The van der Waals surface area contributed by atoms with Crippen molar-refractivity contribution in [1.82, 2.24) is 25.5 Å². The number of carbonyl (C=O) groups is 1. The molecule has 2 aromatic heterocycles. The van der Waals surface area contributed by atoms with Crippen molar-refractivity contribution in [2.24, 2.45) is 0 Å². The zero-order valence-electron chi connectivity index (χ0n) is 11.4. The minimum atomic E-state index is 0.431. The molecule has 8 nitrogen and oxygen atoms in total. The molecule has 3 rings (SSSR count). The zero-order chi connectivity index (χ0) is 14.2. The number of carbonyl (C=O) groups excluding carboxylic acids is 1. The highest BCUT2D eigenvalue weighted by Gasteiger charge is 2.15. The molecule has 0 unspecified atom stereocenters. The fourth-order valence-electron chi connectivity index (χ4n) is 1.95. The van der Waals surface area contributed by atoms with Crippen LogP contribution in [0.4, 0.5) is 5.82 Å². The minimum Gasteiger partial charge on any atom is -0.468 e. The van der Waals surface area contributed by atoms with Crippen LogP contribution in [0.3, 0.4) is 0 Å². The summed E-state index contributed by atoms with van der Waals surface area (Å²) >= 11 is 0. The number of hydrogen-bond donors (Lipinski definition) is 2. The van der Waals surface area contributed by atoms with Crippen LogP contribution in [0.5, 0.6) is 0 Å². The van der Waals surface area contributed by atoms with Gasteiger partial charge in [0.25, 0.3) is 6.47 Å². The van der Waals surface area contributed by atoms with Crippen molar-refractivity contribution < 1.29 is 9.53 Å². The Morgan fingerprint density at radius 1 is 1.40 bits per heavy atom. The maximum atomic E-state index is 9.18. The normalized spacial score (nSPS) is 14.6. The van der Waals surface area contributed by atoms with Gasteiger partial charge in [-0.1, -0.05) is 0 Å². The number of nitrogens with zero attached hydrogens (tertiary/aromatic N) is 4. The van der Waals surface area contributed by atoms with Gasteiger partial charge in [0.15, 0.2) is 5.65 Å². The predicted molar refractivity (Wildman–Crippen MR) is 74.5 cm³/mol. The van der Waals surface area contributed by atoms with E-state index in [2.05, 4.69) is 35.1 Å². The Balaban J connectivity index is 0.000000257. The molecule has 2 aromatic rings. The van der Waals surface area contributed by atoms with Crippen LogP contribution >= 0.6 is 0 Å². The molecule has 0 bridgehead atoms. The van der Waals surface area contributed by atoms with Gasteiger partial charge in [-0.15, -0.1) is 0 Å². The number of aromatic amines is 1. The summed E-state index contributed by atoms with van der Waals surface area (Å²) < 4.78 is 4.15.